The molecule has 3 rings (SSSR count). The zero-order valence-corrected chi connectivity index (χ0v) is 10.6. The van der Waals surface area contributed by atoms with Crippen molar-refractivity contribution in [2.45, 2.75) is 6.54 Å². The van der Waals surface area contributed by atoms with Gasteiger partial charge in [0.1, 0.15) is 6.54 Å². The smallest absolute Gasteiger partial charge is 0.346 e. The molecule has 7 heteroatoms. The van der Waals surface area contributed by atoms with Crippen LogP contribution in [0.1, 0.15) is 0 Å². The molecule has 1 aromatic carbocycles. The minimum absolute atomic E-state index is 0.0655. The van der Waals surface area contributed by atoms with Gasteiger partial charge in [-0.2, -0.15) is 10.2 Å². The Morgan fingerprint density at radius 1 is 1.50 bits per heavy atom. The third-order valence-electron chi connectivity index (χ3n) is 2.64. The second kappa shape index (κ2) is 3.92. The molecule has 0 saturated heterocycles. The first-order valence-electron chi connectivity index (χ1n) is 5.11. The Hall–Kier alpha value is -2.20. The molecule has 1 aromatic heterocycles. The van der Waals surface area contributed by atoms with E-state index >= 15 is 0 Å². The van der Waals surface area contributed by atoms with E-state index in [0.29, 0.717) is 11.3 Å². The summed E-state index contributed by atoms with van der Waals surface area (Å²) >= 11 is 3.36. The molecule has 2 aromatic rings. The average molecular weight is 304 g/mol. The Labute approximate surface area is 110 Å². The van der Waals surface area contributed by atoms with Crippen LogP contribution in [0.15, 0.2) is 26.4 Å². The van der Waals surface area contributed by atoms with E-state index in [4.69, 9.17) is 5.26 Å². The predicted octanol–water partition coefficient (Wildman–Crippen LogP) is 1.77. The molecule has 2 heterocycles. The van der Waals surface area contributed by atoms with Crippen molar-refractivity contribution in [3.8, 4) is 6.07 Å². The van der Waals surface area contributed by atoms with Crippen LogP contribution in [0.2, 0.25) is 0 Å². The second-order valence-corrected chi connectivity index (χ2v) is 4.63. The lowest BCUT2D eigenvalue weighted by Gasteiger charge is -2.16. The highest BCUT2D eigenvalue weighted by Gasteiger charge is 2.17. The first kappa shape index (κ1) is 10.9. The highest BCUT2D eigenvalue weighted by atomic mass is 79.9. The van der Waals surface area contributed by atoms with E-state index in [9.17, 15) is 4.79 Å². The SMILES string of the molecule is N#CCn1c2c3c(cc(Br)cc3nc1=O)NC=N2. The van der Waals surface area contributed by atoms with Crippen LogP contribution < -0.4 is 11.0 Å². The third kappa shape index (κ3) is 1.50. The molecule has 1 aliphatic heterocycles. The van der Waals surface area contributed by atoms with Gasteiger partial charge in [-0.25, -0.2) is 9.79 Å². The van der Waals surface area contributed by atoms with Gasteiger partial charge >= 0.3 is 5.69 Å². The second-order valence-electron chi connectivity index (χ2n) is 3.71. The number of anilines is 1. The molecule has 0 bridgehead atoms. The molecule has 0 radical (unpaired) electrons. The van der Waals surface area contributed by atoms with Gasteiger partial charge in [0, 0.05) is 4.47 Å². The number of nitrogens with zero attached hydrogens (tertiary/aromatic N) is 4. The number of aromatic nitrogens is 2. The van der Waals surface area contributed by atoms with Crippen LogP contribution in [-0.2, 0) is 6.54 Å². The monoisotopic (exact) mass is 303 g/mol. The fourth-order valence-corrected chi connectivity index (χ4v) is 2.37. The van der Waals surface area contributed by atoms with Crippen LogP contribution in [0, 0.1) is 11.3 Å². The number of benzene rings is 1. The van der Waals surface area contributed by atoms with Gasteiger partial charge in [-0.05, 0) is 12.1 Å². The maximum atomic E-state index is 11.8. The molecule has 1 aliphatic rings. The quantitative estimate of drug-likeness (QED) is 0.870. The first-order chi connectivity index (χ1) is 8.70. The van der Waals surface area contributed by atoms with Crippen molar-refractivity contribution < 1.29 is 0 Å². The summed E-state index contributed by atoms with van der Waals surface area (Å²) in [6.07, 6.45) is 1.50. The number of halogens is 1. The van der Waals surface area contributed by atoms with Crippen molar-refractivity contribution in [2.24, 2.45) is 4.99 Å². The molecule has 0 unspecified atom stereocenters. The summed E-state index contributed by atoms with van der Waals surface area (Å²) in [4.78, 5) is 20.0. The largest absolute Gasteiger partial charge is 0.350 e. The summed E-state index contributed by atoms with van der Waals surface area (Å²) in [5.74, 6) is 0.466. The zero-order chi connectivity index (χ0) is 12.7. The number of nitrogens with one attached hydrogen (secondary N) is 1. The Morgan fingerprint density at radius 3 is 3.11 bits per heavy atom. The van der Waals surface area contributed by atoms with Crippen molar-refractivity contribution in [3.05, 3.63) is 27.1 Å². The summed E-state index contributed by atoms with van der Waals surface area (Å²) in [6, 6.07) is 5.57. The molecule has 6 nitrogen and oxygen atoms in total. The maximum absolute atomic E-state index is 11.8. The Morgan fingerprint density at radius 2 is 2.33 bits per heavy atom. The third-order valence-corrected chi connectivity index (χ3v) is 3.10. The van der Waals surface area contributed by atoms with Crippen LogP contribution in [-0.4, -0.2) is 15.9 Å². The van der Waals surface area contributed by atoms with E-state index in [1.165, 1.54) is 10.9 Å². The average Bonchev–Trinajstić information content (AvgIpc) is 2.33. The molecule has 0 fully saturated rings. The van der Waals surface area contributed by atoms with Gasteiger partial charge < -0.3 is 5.32 Å². The van der Waals surface area contributed by atoms with Gasteiger partial charge in [0.25, 0.3) is 0 Å². The number of hydrogen-bond acceptors (Lipinski definition) is 5. The first-order valence-corrected chi connectivity index (χ1v) is 5.90. The summed E-state index contributed by atoms with van der Waals surface area (Å²) in [5, 5.41) is 12.5. The minimum atomic E-state index is -0.470. The van der Waals surface area contributed by atoms with Crippen molar-refractivity contribution in [1.29, 1.82) is 5.26 Å². The molecule has 18 heavy (non-hydrogen) atoms. The van der Waals surface area contributed by atoms with Gasteiger partial charge in [0.05, 0.1) is 29.0 Å². The number of hydrogen-bond donors (Lipinski definition) is 1. The van der Waals surface area contributed by atoms with E-state index in [2.05, 4.69) is 31.2 Å². The molecule has 0 saturated carbocycles. The lowest BCUT2D eigenvalue weighted by atomic mass is 10.2. The molecule has 0 aliphatic carbocycles. The number of aliphatic imine (C=N–C) groups is 1. The van der Waals surface area contributed by atoms with Crippen LogP contribution in [0.3, 0.4) is 0 Å². The van der Waals surface area contributed by atoms with E-state index < -0.39 is 5.69 Å². The van der Waals surface area contributed by atoms with Gasteiger partial charge in [-0.3, -0.25) is 4.57 Å². The van der Waals surface area contributed by atoms with Crippen molar-refractivity contribution >= 4 is 44.7 Å². The van der Waals surface area contributed by atoms with Gasteiger partial charge in [-0.1, -0.05) is 15.9 Å². The van der Waals surface area contributed by atoms with E-state index in [1.54, 1.807) is 6.07 Å². The van der Waals surface area contributed by atoms with Crippen LogP contribution in [0.5, 0.6) is 0 Å². The molecule has 1 N–H and O–H groups in total. The lowest BCUT2D eigenvalue weighted by molar-refractivity contribution is 0.767. The van der Waals surface area contributed by atoms with E-state index in [0.717, 1.165) is 15.5 Å². The summed E-state index contributed by atoms with van der Waals surface area (Å²) in [7, 11) is 0. The van der Waals surface area contributed by atoms with Gasteiger partial charge in [0.2, 0.25) is 0 Å². The Bertz CT molecular complexity index is 787. The molecule has 0 spiro atoms. The Balaban J connectivity index is 2.50. The maximum Gasteiger partial charge on any atom is 0.350 e. The molecule has 0 atom stereocenters. The standard InChI is InChI=1S/C11H6BrN5O/c12-6-3-7-9-8(4-6)16-11(18)17(2-1-13)10(9)15-5-14-7/h3-5H,2H2,(H,14,15). The normalized spacial score (nSPS) is 12.2. The van der Waals surface area contributed by atoms with Gasteiger partial charge in [-0.15, -0.1) is 0 Å². The van der Waals surface area contributed by atoms with Crippen molar-refractivity contribution in [2.75, 3.05) is 5.32 Å². The summed E-state index contributed by atoms with van der Waals surface area (Å²) in [5.41, 5.74) is 0.892. The minimum Gasteiger partial charge on any atom is -0.346 e. The van der Waals surface area contributed by atoms with Crippen LogP contribution in [0.25, 0.3) is 10.9 Å². The number of rotatable bonds is 1. The van der Waals surface area contributed by atoms with Crippen LogP contribution >= 0.6 is 15.9 Å². The highest BCUT2D eigenvalue weighted by Crippen LogP contribution is 2.34. The van der Waals surface area contributed by atoms with Crippen LogP contribution in [0.4, 0.5) is 11.5 Å². The molecule has 88 valence electrons. The van der Waals surface area contributed by atoms with Crippen molar-refractivity contribution in [3.63, 3.8) is 0 Å². The van der Waals surface area contributed by atoms with E-state index in [1.807, 2.05) is 12.1 Å². The summed E-state index contributed by atoms with van der Waals surface area (Å²) in [6.45, 7) is -0.0655. The molecule has 0 amide bonds. The predicted molar refractivity (Wildman–Crippen MR) is 71.1 cm³/mol. The fraction of sp³-hybridized carbons (Fsp3) is 0.0909. The Kier molecular flexibility index (Phi) is 2.38. The van der Waals surface area contributed by atoms with Gasteiger partial charge in [0.15, 0.2) is 5.82 Å². The van der Waals surface area contributed by atoms with E-state index in [-0.39, 0.29) is 6.54 Å². The number of nitriles is 1. The highest BCUT2D eigenvalue weighted by molar-refractivity contribution is 9.10. The zero-order valence-electron chi connectivity index (χ0n) is 9.01. The van der Waals surface area contributed by atoms with Crippen molar-refractivity contribution in [1.82, 2.24) is 9.55 Å². The topological polar surface area (TPSA) is 83.1 Å². The lowest BCUT2D eigenvalue weighted by Crippen LogP contribution is -2.24. The molecular formula is C11H6BrN5O. The molecular weight excluding hydrogens is 298 g/mol. The summed E-state index contributed by atoms with van der Waals surface area (Å²) < 4.78 is 2.08. The fourth-order valence-electron chi connectivity index (χ4n) is 1.93.